The molecular formula is C13H16O5. The summed E-state index contributed by atoms with van der Waals surface area (Å²) >= 11 is 0. The smallest absolute Gasteiger partial charge is 0.331 e. The third kappa shape index (κ3) is 3.78. The van der Waals surface area contributed by atoms with Crippen molar-refractivity contribution in [2.75, 3.05) is 13.7 Å². The van der Waals surface area contributed by atoms with Crippen LogP contribution in [-0.4, -0.2) is 35.0 Å². The monoisotopic (exact) mass is 252 g/mol. The summed E-state index contributed by atoms with van der Waals surface area (Å²) in [5, 5.41) is 27.1. The maximum Gasteiger partial charge on any atom is 0.331 e. The number of hydrogen-bond acceptors (Lipinski definition) is 4. The molecule has 1 rings (SSSR count). The number of aliphatic carboxylic acids is 1. The van der Waals surface area contributed by atoms with Gasteiger partial charge in [0.15, 0.2) is 11.5 Å². The lowest BCUT2D eigenvalue weighted by Gasteiger charge is -2.05. The predicted molar refractivity (Wildman–Crippen MR) is 66.6 cm³/mol. The van der Waals surface area contributed by atoms with E-state index < -0.39 is 5.97 Å². The molecule has 0 saturated carbocycles. The Balaban J connectivity index is 3.00. The molecule has 98 valence electrons. The van der Waals surface area contributed by atoms with E-state index in [9.17, 15) is 9.90 Å². The summed E-state index contributed by atoms with van der Waals surface area (Å²) in [4.78, 5) is 11.0. The van der Waals surface area contributed by atoms with Crippen molar-refractivity contribution in [3.05, 3.63) is 29.3 Å². The topological polar surface area (TPSA) is 87.0 Å². The average molecular weight is 252 g/mol. The molecule has 0 aliphatic heterocycles. The zero-order valence-corrected chi connectivity index (χ0v) is 10.1. The highest BCUT2D eigenvalue weighted by Gasteiger charge is 2.08. The molecule has 1 aromatic rings. The molecule has 5 heteroatoms. The Morgan fingerprint density at radius 2 is 2.17 bits per heavy atom. The molecule has 0 amide bonds. The number of aliphatic hydroxyl groups is 1. The van der Waals surface area contributed by atoms with Gasteiger partial charge in [0.1, 0.15) is 0 Å². The van der Waals surface area contributed by atoms with Gasteiger partial charge in [-0.05, 0) is 36.6 Å². The van der Waals surface area contributed by atoms with Crippen LogP contribution in [0.2, 0.25) is 0 Å². The number of aromatic hydroxyl groups is 1. The summed E-state index contributed by atoms with van der Waals surface area (Å²) < 4.78 is 4.94. The van der Waals surface area contributed by atoms with Gasteiger partial charge in [0, 0.05) is 12.2 Å². The highest BCUT2D eigenvalue weighted by atomic mass is 16.5. The van der Waals surface area contributed by atoms with Crippen LogP contribution in [0.15, 0.2) is 23.8 Å². The van der Waals surface area contributed by atoms with E-state index in [4.69, 9.17) is 14.9 Å². The van der Waals surface area contributed by atoms with E-state index in [0.29, 0.717) is 12.0 Å². The summed E-state index contributed by atoms with van der Waals surface area (Å²) in [7, 11) is 1.42. The van der Waals surface area contributed by atoms with Crippen LogP contribution in [-0.2, 0) is 4.79 Å². The van der Waals surface area contributed by atoms with Gasteiger partial charge in [-0.15, -0.1) is 0 Å². The van der Waals surface area contributed by atoms with Gasteiger partial charge in [0.25, 0.3) is 0 Å². The van der Waals surface area contributed by atoms with Gasteiger partial charge in [-0.2, -0.15) is 0 Å². The molecule has 5 nitrogen and oxygen atoms in total. The molecule has 0 spiro atoms. The van der Waals surface area contributed by atoms with Crippen molar-refractivity contribution in [1.82, 2.24) is 0 Å². The van der Waals surface area contributed by atoms with E-state index in [1.54, 1.807) is 12.1 Å². The van der Waals surface area contributed by atoms with Crippen LogP contribution in [0.25, 0.3) is 6.08 Å². The fourth-order valence-electron chi connectivity index (χ4n) is 1.50. The molecule has 1 aromatic carbocycles. The van der Waals surface area contributed by atoms with Crippen molar-refractivity contribution >= 4 is 12.0 Å². The molecule has 3 N–H and O–H groups in total. The van der Waals surface area contributed by atoms with Crippen molar-refractivity contribution in [3.63, 3.8) is 0 Å². The van der Waals surface area contributed by atoms with Crippen LogP contribution in [0.1, 0.15) is 18.4 Å². The Bertz CT molecular complexity index is 451. The SMILES string of the molecule is COc1cc(C=C(CCCO)C(=O)O)ccc1O. The Morgan fingerprint density at radius 3 is 2.72 bits per heavy atom. The van der Waals surface area contributed by atoms with Gasteiger partial charge < -0.3 is 20.1 Å². The Morgan fingerprint density at radius 1 is 1.44 bits per heavy atom. The first-order chi connectivity index (χ1) is 8.58. The van der Waals surface area contributed by atoms with E-state index in [0.717, 1.165) is 0 Å². The molecule has 0 fully saturated rings. The van der Waals surface area contributed by atoms with Crippen LogP contribution in [0.5, 0.6) is 11.5 Å². The second-order valence-corrected chi connectivity index (χ2v) is 3.73. The number of phenols is 1. The number of phenolic OH excluding ortho intramolecular Hbond substituents is 1. The maximum atomic E-state index is 11.0. The molecule has 0 bridgehead atoms. The molecule has 0 aromatic heterocycles. The van der Waals surface area contributed by atoms with Gasteiger partial charge in [-0.3, -0.25) is 0 Å². The second-order valence-electron chi connectivity index (χ2n) is 3.73. The van der Waals surface area contributed by atoms with E-state index in [1.165, 1.54) is 19.3 Å². The van der Waals surface area contributed by atoms with Gasteiger partial charge in [0.2, 0.25) is 0 Å². The fraction of sp³-hybridized carbons (Fsp3) is 0.308. The lowest BCUT2D eigenvalue weighted by atomic mass is 10.1. The first-order valence-corrected chi connectivity index (χ1v) is 5.50. The zero-order valence-electron chi connectivity index (χ0n) is 10.1. The highest BCUT2D eigenvalue weighted by Crippen LogP contribution is 2.27. The van der Waals surface area contributed by atoms with Gasteiger partial charge in [-0.25, -0.2) is 4.79 Å². The lowest BCUT2D eigenvalue weighted by molar-refractivity contribution is -0.132. The van der Waals surface area contributed by atoms with Gasteiger partial charge in [0.05, 0.1) is 7.11 Å². The number of carboxylic acids is 1. The number of aliphatic hydroxyl groups excluding tert-OH is 1. The van der Waals surface area contributed by atoms with Crippen LogP contribution >= 0.6 is 0 Å². The van der Waals surface area contributed by atoms with Gasteiger partial charge >= 0.3 is 5.97 Å². The van der Waals surface area contributed by atoms with Crippen LogP contribution < -0.4 is 4.74 Å². The minimum absolute atomic E-state index is 0.00174. The first-order valence-electron chi connectivity index (χ1n) is 5.50. The van der Waals surface area contributed by atoms with Crippen LogP contribution in [0.4, 0.5) is 0 Å². The molecular weight excluding hydrogens is 236 g/mol. The normalized spacial score (nSPS) is 11.3. The van der Waals surface area contributed by atoms with E-state index >= 15 is 0 Å². The number of methoxy groups -OCH3 is 1. The standard InChI is InChI=1S/C13H16O5/c1-18-12-8-9(4-5-11(12)15)7-10(13(16)17)3-2-6-14/h4-5,7-8,14-15H,2-3,6H2,1H3,(H,16,17). The quantitative estimate of drug-likeness (QED) is 0.670. The van der Waals surface area contributed by atoms with Crippen molar-refractivity contribution in [2.45, 2.75) is 12.8 Å². The number of carbonyl (C=O) groups is 1. The van der Waals surface area contributed by atoms with Gasteiger partial charge in [-0.1, -0.05) is 6.07 Å². The number of hydrogen-bond donors (Lipinski definition) is 3. The molecule has 0 heterocycles. The summed E-state index contributed by atoms with van der Waals surface area (Å²) in [5.41, 5.74) is 0.830. The Kier molecular flexibility index (Phi) is 5.20. The van der Waals surface area contributed by atoms with Crippen LogP contribution in [0.3, 0.4) is 0 Å². The summed E-state index contributed by atoms with van der Waals surface area (Å²) in [6.07, 6.45) is 2.18. The molecule has 0 saturated heterocycles. The van der Waals surface area contributed by atoms with E-state index in [1.807, 2.05) is 0 Å². The number of carboxylic acid groups (broad SMARTS) is 1. The molecule has 0 aliphatic rings. The largest absolute Gasteiger partial charge is 0.504 e. The summed E-state index contributed by atoms with van der Waals surface area (Å²) in [6, 6.07) is 4.59. The molecule has 0 aliphatic carbocycles. The third-order valence-electron chi connectivity index (χ3n) is 2.42. The lowest BCUT2D eigenvalue weighted by Crippen LogP contribution is -2.01. The van der Waals surface area contributed by atoms with E-state index in [-0.39, 0.29) is 30.1 Å². The fourth-order valence-corrected chi connectivity index (χ4v) is 1.50. The minimum Gasteiger partial charge on any atom is -0.504 e. The molecule has 0 unspecified atom stereocenters. The predicted octanol–water partition coefficient (Wildman–Crippen LogP) is 1.64. The zero-order chi connectivity index (χ0) is 13.5. The van der Waals surface area contributed by atoms with Crippen LogP contribution in [0, 0.1) is 0 Å². The highest BCUT2D eigenvalue weighted by molar-refractivity contribution is 5.92. The molecule has 18 heavy (non-hydrogen) atoms. The van der Waals surface area contributed by atoms with Crippen molar-refractivity contribution in [2.24, 2.45) is 0 Å². The van der Waals surface area contributed by atoms with Crippen molar-refractivity contribution < 1.29 is 24.9 Å². The Labute approximate surface area is 105 Å². The molecule has 0 atom stereocenters. The van der Waals surface area contributed by atoms with Crippen molar-refractivity contribution in [3.8, 4) is 11.5 Å². The summed E-state index contributed by atoms with van der Waals surface area (Å²) in [5.74, 6) is -0.729. The number of rotatable bonds is 6. The molecule has 0 radical (unpaired) electrons. The third-order valence-corrected chi connectivity index (χ3v) is 2.42. The van der Waals surface area contributed by atoms with E-state index in [2.05, 4.69) is 0 Å². The number of benzene rings is 1. The summed E-state index contributed by atoms with van der Waals surface area (Å²) in [6.45, 7) is -0.0521. The van der Waals surface area contributed by atoms with Crippen molar-refractivity contribution in [1.29, 1.82) is 0 Å². The first kappa shape index (κ1) is 14.1. The average Bonchev–Trinajstić information content (AvgIpc) is 2.36. The minimum atomic E-state index is -1.02. The second kappa shape index (κ2) is 6.66. The Hall–Kier alpha value is -2.01. The number of ether oxygens (including phenoxy) is 1. The maximum absolute atomic E-state index is 11.0.